The number of carbonyl (C=O) groups excluding carboxylic acids is 1. The normalized spacial score (nSPS) is 11.8. The molecule has 2 aromatic heterocycles. The zero-order valence-electron chi connectivity index (χ0n) is 17.0. The van der Waals surface area contributed by atoms with Gasteiger partial charge in [0.15, 0.2) is 16.9 Å². The van der Waals surface area contributed by atoms with Crippen LogP contribution in [0.25, 0.3) is 16.9 Å². The van der Waals surface area contributed by atoms with Crippen LogP contribution in [0, 0.1) is 25.2 Å². The number of rotatable bonds is 7. The van der Waals surface area contributed by atoms with Crippen LogP contribution in [0.2, 0.25) is 0 Å². The van der Waals surface area contributed by atoms with E-state index >= 15 is 0 Å². The average Bonchev–Trinajstić information content (AvgIpc) is 3.41. The van der Waals surface area contributed by atoms with Gasteiger partial charge in [0.1, 0.15) is 10.8 Å². The van der Waals surface area contributed by atoms with E-state index < -0.39 is 5.92 Å². The lowest BCUT2D eigenvalue weighted by Gasteiger charge is -2.11. The van der Waals surface area contributed by atoms with Gasteiger partial charge in [-0.25, -0.2) is 4.98 Å². The second-order valence-electron chi connectivity index (χ2n) is 6.91. The molecule has 0 radical (unpaired) electrons. The molecule has 2 heterocycles. The Morgan fingerprint density at radius 1 is 1.13 bits per heavy atom. The number of thiazole rings is 1. The van der Waals surface area contributed by atoms with Crippen molar-refractivity contribution in [1.82, 2.24) is 19.7 Å². The molecule has 0 N–H and O–H groups in total. The fourth-order valence-corrected chi connectivity index (χ4v) is 4.96. The predicted molar refractivity (Wildman–Crippen MR) is 122 cm³/mol. The number of aromatic nitrogens is 4. The van der Waals surface area contributed by atoms with Gasteiger partial charge >= 0.3 is 0 Å². The van der Waals surface area contributed by atoms with Gasteiger partial charge in [-0.05, 0) is 25.5 Å². The fourth-order valence-electron chi connectivity index (χ4n) is 3.17. The molecule has 31 heavy (non-hydrogen) atoms. The van der Waals surface area contributed by atoms with Crippen molar-refractivity contribution in [3.05, 3.63) is 76.4 Å². The molecule has 0 saturated heterocycles. The van der Waals surface area contributed by atoms with Crippen molar-refractivity contribution in [3.8, 4) is 23.0 Å². The highest BCUT2D eigenvalue weighted by molar-refractivity contribution is 7.99. The van der Waals surface area contributed by atoms with E-state index in [1.165, 1.54) is 23.1 Å². The molecule has 154 valence electrons. The van der Waals surface area contributed by atoms with E-state index in [1.54, 1.807) is 0 Å². The molecule has 0 bridgehead atoms. The van der Waals surface area contributed by atoms with E-state index in [9.17, 15) is 10.1 Å². The van der Waals surface area contributed by atoms with Gasteiger partial charge in [0.2, 0.25) is 0 Å². The van der Waals surface area contributed by atoms with Gasteiger partial charge in [0, 0.05) is 10.9 Å². The van der Waals surface area contributed by atoms with Crippen LogP contribution in [0.1, 0.15) is 22.3 Å². The first-order chi connectivity index (χ1) is 15.1. The minimum atomic E-state index is -0.897. The van der Waals surface area contributed by atoms with E-state index in [2.05, 4.69) is 21.3 Å². The van der Waals surface area contributed by atoms with Gasteiger partial charge in [-0.1, -0.05) is 60.3 Å². The van der Waals surface area contributed by atoms with Crippen molar-refractivity contribution >= 4 is 28.9 Å². The van der Waals surface area contributed by atoms with E-state index in [0.29, 0.717) is 10.2 Å². The van der Waals surface area contributed by atoms with Crippen LogP contribution in [0.5, 0.6) is 0 Å². The van der Waals surface area contributed by atoms with Crippen LogP contribution in [-0.2, 0) is 4.79 Å². The monoisotopic (exact) mass is 445 g/mol. The largest absolute Gasteiger partial charge is 0.297 e. The summed E-state index contributed by atoms with van der Waals surface area (Å²) < 4.78 is 1.94. The number of Topliss-reactive ketones (excluding diaryl/α,β-unsaturated/α-hetero) is 1. The van der Waals surface area contributed by atoms with Gasteiger partial charge in [0.05, 0.1) is 23.2 Å². The second kappa shape index (κ2) is 9.25. The first-order valence-electron chi connectivity index (χ1n) is 9.62. The molecule has 0 aliphatic carbocycles. The lowest BCUT2D eigenvalue weighted by Crippen LogP contribution is -2.14. The number of benzene rings is 2. The smallest absolute Gasteiger partial charge is 0.196 e. The number of para-hydroxylation sites is 1. The van der Waals surface area contributed by atoms with Crippen molar-refractivity contribution in [2.75, 3.05) is 5.75 Å². The molecule has 0 spiro atoms. The van der Waals surface area contributed by atoms with Crippen LogP contribution < -0.4 is 0 Å². The number of ketones is 1. The maximum Gasteiger partial charge on any atom is 0.196 e. The maximum atomic E-state index is 12.9. The Kier molecular flexibility index (Phi) is 6.26. The Hall–Kier alpha value is -3.28. The molecule has 4 rings (SSSR count). The van der Waals surface area contributed by atoms with Crippen molar-refractivity contribution in [3.63, 3.8) is 0 Å². The van der Waals surface area contributed by atoms with Crippen molar-refractivity contribution in [2.45, 2.75) is 24.9 Å². The molecule has 0 saturated carbocycles. The molecule has 0 fully saturated rings. The van der Waals surface area contributed by atoms with Gasteiger partial charge in [-0.2, -0.15) is 5.26 Å². The van der Waals surface area contributed by atoms with Crippen molar-refractivity contribution in [2.24, 2.45) is 0 Å². The zero-order valence-corrected chi connectivity index (χ0v) is 18.7. The Bertz CT molecular complexity index is 1260. The molecule has 4 aromatic rings. The molecule has 8 heteroatoms. The Morgan fingerprint density at radius 2 is 1.87 bits per heavy atom. The molecule has 1 atom stereocenters. The third-order valence-corrected chi connectivity index (χ3v) is 6.65. The number of nitrogens with zero attached hydrogens (tertiary/aromatic N) is 5. The number of nitriles is 1. The summed E-state index contributed by atoms with van der Waals surface area (Å²) in [4.78, 5) is 17.4. The summed E-state index contributed by atoms with van der Waals surface area (Å²) in [6.07, 6.45) is 0. The Balaban J connectivity index is 1.51. The minimum absolute atomic E-state index is 0.114. The molecular weight excluding hydrogens is 426 g/mol. The highest BCUT2D eigenvalue weighted by Gasteiger charge is 2.25. The summed E-state index contributed by atoms with van der Waals surface area (Å²) in [7, 11) is 0. The van der Waals surface area contributed by atoms with Crippen molar-refractivity contribution in [1.29, 1.82) is 5.26 Å². The summed E-state index contributed by atoms with van der Waals surface area (Å²) in [6.45, 7) is 3.90. The zero-order chi connectivity index (χ0) is 21.8. The van der Waals surface area contributed by atoms with Crippen LogP contribution in [-0.4, -0.2) is 31.3 Å². The minimum Gasteiger partial charge on any atom is -0.297 e. The third kappa shape index (κ3) is 4.43. The summed E-state index contributed by atoms with van der Waals surface area (Å²) in [5.74, 6) is -0.236. The highest BCUT2D eigenvalue weighted by Crippen LogP contribution is 2.29. The molecule has 2 aromatic carbocycles. The first-order valence-corrected chi connectivity index (χ1v) is 11.5. The standard InChI is InChI=1S/C23H19N5OS2/c1-15-8-6-7-11-20(15)28-16(2)26-27-23(28)31-14-21(29)18(12-24)22-25-19(13-30-22)17-9-4-3-5-10-17/h3-11,13,18H,14H2,1-2H3/t18-/m1/s1. The number of hydrogen-bond acceptors (Lipinski definition) is 7. The number of thioether (sulfide) groups is 1. The Morgan fingerprint density at radius 3 is 2.61 bits per heavy atom. The number of aryl methyl sites for hydroxylation is 2. The lowest BCUT2D eigenvalue weighted by atomic mass is 10.1. The van der Waals surface area contributed by atoms with E-state index in [0.717, 1.165) is 28.3 Å². The van der Waals surface area contributed by atoms with E-state index in [4.69, 9.17) is 0 Å². The molecule has 0 aliphatic rings. The van der Waals surface area contributed by atoms with Gasteiger partial charge in [-0.15, -0.1) is 21.5 Å². The predicted octanol–water partition coefficient (Wildman–Crippen LogP) is 4.98. The van der Waals surface area contributed by atoms with Gasteiger partial charge in [0.25, 0.3) is 0 Å². The summed E-state index contributed by atoms with van der Waals surface area (Å²) >= 11 is 2.62. The van der Waals surface area contributed by atoms with Crippen LogP contribution in [0.15, 0.2) is 65.1 Å². The summed E-state index contributed by atoms with van der Waals surface area (Å²) in [5, 5.41) is 21.1. The summed E-state index contributed by atoms with van der Waals surface area (Å²) in [6, 6.07) is 19.8. The van der Waals surface area contributed by atoms with Crippen molar-refractivity contribution < 1.29 is 4.79 Å². The maximum absolute atomic E-state index is 12.9. The molecule has 6 nitrogen and oxygen atoms in total. The quantitative estimate of drug-likeness (QED) is 0.373. The molecule has 0 aliphatic heterocycles. The third-order valence-electron chi connectivity index (χ3n) is 4.78. The van der Waals surface area contributed by atoms with Crippen LogP contribution >= 0.6 is 23.1 Å². The van der Waals surface area contributed by atoms with E-state index in [-0.39, 0.29) is 11.5 Å². The number of carbonyl (C=O) groups is 1. The fraction of sp³-hybridized carbons (Fsp3) is 0.174. The van der Waals surface area contributed by atoms with Crippen LogP contribution in [0.4, 0.5) is 0 Å². The molecule has 0 amide bonds. The SMILES string of the molecule is Cc1ccccc1-n1c(C)nnc1SCC(=O)[C@@H](C#N)c1nc(-c2ccccc2)cs1. The number of hydrogen-bond donors (Lipinski definition) is 0. The lowest BCUT2D eigenvalue weighted by molar-refractivity contribution is -0.116. The van der Waals surface area contributed by atoms with Crippen LogP contribution in [0.3, 0.4) is 0 Å². The molecule has 0 unspecified atom stereocenters. The highest BCUT2D eigenvalue weighted by atomic mass is 32.2. The van der Waals surface area contributed by atoms with Gasteiger partial charge < -0.3 is 0 Å². The molecular formula is C23H19N5OS2. The van der Waals surface area contributed by atoms with Gasteiger partial charge in [-0.3, -0.25) is 9.36 Å². The summed E-state index contributed by atoms with van der Waals surface area (Å²) in [5.41, 5.74) is 3.80. The van der Waals surface area contributed by atoms with E-state index in [1.807, 2.05) is 78.4 Å². The average molecular weight is 446 g/mol. The topological polar surface area (TPSA) is 84.5 Å². The first kappa shape index (κ1) is 21.0. The second-order valence-corrected chi connectivity index (χ2v) is 8.74. The Labute approximate surface area is 188 Å².